The molecule has 0 bridgehead atoms. The molecule has 9 heteroatoms. The maximum atomic E-state index is 12.8. The summed E-state index contributed by atoms with van der Waals surface area (Å²) >= 11 is 1.36. The molecule has 3 heterocycles. The summed E-state index contributed by atoms with van der Waals surface area (Å²) in [6.45, 7) is 2.11. The van der Waals surface area contributed by atoms with E-state index >= 15 is 0 Å². The van der Waals surface area contributed by atoms with Crippen molar-refractivity contribution >= 4 is 17.7 Å². The van der Waals surface area contributed by atoms with Gasteiger partial charge >= 0.3 is 0 Å². The van der Waals surface area contributed by atoms with E-state index in [0.717, 1.165) is 42.9 Å². The molecule has 1 amide bonds. The zero-order chi connectivity index (χ0) is 17.9. The number of tetrazole rings is 1. The minimum absolute atomic E-state index is 0.0814. The third-order valence-electron chi connectivity index (χ3n) is 4.64. The quantitative estimate of drug-likeness (QED) is 0.754. The molecule has 26 heavy (non-hydrogen) atoms. The number of thioether (sulfide) groups is 1. The van der Waals surface area contributed by atoms with E-state index in [2.05, 4.69) is 15.5 Å². The number of nitrogens with zero attached hydrogens (tertiary/aromatic N) is 5. The summed E-state index contributed by atoms with van der Waals surface area (Å²) in [5.41, 5.74) is 1.10. The highest BCUT2D eigenvalue weighted by atomic mass is 32.2. The maximum absolute atomic E-state index is 12.8. The highest BCUT2D eigenvalue weighted by molar-refractivity contribution is 7.99. The Labute approximate surface area is 155 Å². The van der Waals surface area contributed by atoms with Crippen LogP contribution in [0.3, 0.4) is 0 Å². The number of rotatable bonds is 4. The topological polar surface area (TPSA) is 82.4 Å². The predicted molar refractivity (Wildman–Crippen MR) is 95.3 cm³/mol. The van der Waals surface area contributed by atoms with Crippen LogP contribution in [0.25, 0.3) is 0 Å². The molecule has 8 nitrogen and oxygen atoms in total. The highest BCUT2D eigenvalue weighted by Crippen LogP contribution is 2.38. The summed E-state index contributed by atoms with van der Waals surface area (Å²) in [7, 11) is 1.77. The van der Waals surface area contributed by atoms with Crippen molar-refractivity contribution in [2.24, 2.45) is 7.05 Å². The van der Waals surface area contributed by atoms with Gasteiger partial charge in [0.2, 0.25) is 11.1 Å². The molecular formula is C17H21N5O3S. The van der Waals surface area contributed by atoms with Gasteiger partial charge in [-0.15, -0.1) is 5.10 Å². The van der Waals surface area contributed by atoms with Gasteiger partial charge in [0.15, 0.2) is 11.5 Å². The number of aromatic nitrogens is 4. The second-order valence-corrected chi connectivity index (χ2v) is 7.32. The van der Waals surface area contributed by atoms with Crippen LogP contribution in [-0.2, 0) is 11.8 Å². The maximum Gasteiger partial charge on any atom is 0.233 e. The Morgan fingerprint density at radius 3 is 2.92 bits per heavy atom. The van der Waals surface area contributed by atoms with Crippen LogP contribution in [0, 0.1) is 0 Å². The first-order valence-corrected chi connectivity index (χ1v) is 9.75. The monoisotopic (exact) mass is 375 g/mol. The fourth-order valence-corrected chi connectivity index (χ4v) is 4.09. The third-order valence-corrected chi connectivity index (χ3v) is 5.63. The summed E-state index contributed by atoms with van der Waals surface area (Å²) in [4.78, 5) is 14.7. The lowest BCUT2D eigenvalue weighted by Gasteiger charge is -2.25. The zero-order valence-corrected chi connectivity index (χ0v) is 15.4. The van der Waals surface area contributed by atoms with Crippen molar-refractivity contribution in [2.75, 3.05) is 25.5 Å². The van der Waals surface area contributed by atoms with Gasteiger partial charge in [-0.05, 0) is 41.0 Å². The van der Waals surface area contributed by atoms with E-state index in [-0.39, 0.29) is 11.9 Å². The van der Waals surface area contributed by atoms with Crippen LogP contribution in [0.4, 0.5) is 0 Å². The van der Waals surface area contributed by atoms with Crippen LogP contribution >= 0.6 is 11.8 Å². The van der Waals surface area contributed by atoms with Gasteiger partial charge in [0.1, 0.15) is 0 Å². The van der Waals surface area contributed by atoms with Crippen LogP contribution in [0.15, 0.2) is 23.4 Å². The Kier molecular flexibility index (Phi) is 4.96. The fraction of sp³-hybridized carbons (Fsp3) is 0.529. The Bertz CT molecular complexity index is 796. The van der Waals surface area contributed by atoms with Gasteiger partial charge in [0, 0.05) is 20.0 Å². The van der Waals surface area contributed by atoms with Gasteiger partial charge in [0.25, 0.3) is 0 Å². The Hall–Kier alpha value is -2.29. The van der Waals surface area contributed by atoms with Crippen molar-refractivity contribution in [1.29, 1.82) is 0 Å². The van der Waals surface area contributed by atoms with Crippen LogP contribution in [0.5, 0.6) is 11.5 Å². The van der Waals surface area contributed by atoms with E-state index < -0.39 is 0 Å². The smallest absolute Gasteiger partial charge is 0.233 e. The number of hydrogen-bond acceptors (Lipinski definition) is 7. The van der Waals surface area contributed by atoms with E-state index in [1.165, 1.54) is 11.8 Å². The van der Waals surface area contributed by atoms with E-state index in [4.69, 9.17) is 9.47 Å². The Morgan fingerprint density at radius 1 is 1.27 bits per heavy atom. The minimum atomic E-state index is 0.0814. The summed E-state index contributed by atoms with van der Waals surface area (Å²) in [5.74, 6) is 1.99. The highest BCUT2D eigenvalue weighted by Gasteiger charge is 2.30. The molecule has 0 spiro atoms. The molecular weight excluding hydrogens is 354 g/mol. The average Bonchev–Trinajstić information content (AvgIpc) is 3.23. The number of benzene rings is 1. The van der Waals surface area contributed by atoms with E-state index in [1.54, 1.807) is 11.7 Å². The average molecular weight is 375 g/mol. The number of aryl methyl sites for hydroxylation is 1. The van der Waals surface area contributed by atoms with Gasteiger partial charge in [0.05, 0.1) is 25.0 Å². The normalized spacial score (nSPS) is 19.4. The summed E-state index contributed by atoms with van der Waals surface area (Å²) in [6, 6.07) is 6.11. The minimum Gasteiger partial charge on any atom is -0.490 e. The molecule has 1 unspecified atom stereocenters. The Balaban J connectivity index is 1.47. The fourth-order valence-electron chi connectivity index (χ4n) is 3.35. The molecule has 1 aromatic heterocycles. The number of carbonyl (C=O) groups excluding carboxylic acids is 1. The van der Waals surface area contributed by atoms with Crippen molar-refractivity contribution in [2.45, 2.75) is 30.5 Å². The molecule has 2 aliphatic heterocycles. The van der Waals surface area contributed by atoms with Crippen molar-refractivity contribution in [1.82, 2.24) is 25.1 Å². The van der Waals surface area contributed by atoms with Gasteiger partial charge in [-0.3, -0.25) is 4.79 Å². The van der Waals surface area contributed by atoms with Crippen molar-refractivity contribution in [3.63, 3.8) is 0 Å². The summed E-state index contributed by atoms with van der Waals surface area (Å²) in [5, 5.41) is 11.9. The molecule has 0 aliphatic carbocycles. The first-order valence-electron chi connectivity index (χ1n) is 8.76. The van der Waals surface area contributed by atoms with Crippen LogP contribution in [0.2, 0.25) is 0 Å². The second-order valence-electron chi connectivity index (χ2n) is 6.38. The largest absolute Gasteiger partial charge is 0.490 e. The van der Waals surface area contributed by atoms with Crippen molar-refractivity contribution < 1.29 is 14.3 Å². The lowest BCUT2D eigenvalue weighted by atomic mass is 10.0. The molecule has 1 aromatic carbocycles. The van der Waals surface area contributed by atoms with Gasteiger partial charge in [-0.25, -0.2) is 4.68 Å². The lowest BCUT2D eigenvalue weighted by Crippen LogP contribution is -2.32. The van der Waals surface area contributed by atoms with Crippen molar-refractivity contribution in [3.05, 3.63) is 23.8 Å². The molecule has 0 saturated carbocycles. The van der Waals surface area contributed by atoms with Gasteiger partial charge < -0.3 is 14.4 Å². The molecule has 138 valence electrons. The number of hydrogen-bond donors (Lipinski definition) is 0. The SMILES string of the molecule is Cn1nnnc1SCC(=O)N1CCCC1c1ccc2c(c1)OCCCO2. The number of likely N-dealkylation sites (tertiary alicyclic amines) is 1. The predicted octanol–water partition coefficient (Wildman–Crippen LogP) is 1.83. The number of ether oxygens (including phenoxy) is 2. The van der Waals surface area contributed by atoms with E-state index in [1.807, 2.05) is 23.1 Å². The molecule has 4 rings (SSSR count). The molecule has 0 radical (unpaired) electrons. The molecule has 1 saturated heterocycles. The van der Waals surface area contributed by atoms with Crippen molar-refractivity contribution in [3.8, 4) is 11.5 Å². The van der Waals surface area contributed by atoms with Crippen LogP contribution < -0.4 is 9.47 Å². The number of fused-ring (bicyclic) bond motifs is 1. The van der Waals surface area contributed by atoms with Crippen LogP contribution in [0.1, 0.15) is 30.9 Å². The molecule has 1 atom stereocenters. The van der Waals surface area contributed by atoms with E-state index in [0.29, 0.717) is 24.1 Å². The zero-order valence-electron chi connectivity index (χ0n) is 14.6. The summed E-state index contributed by atoms with van der Waals surface area (Å²) in [6.07, 6.45) is 2.84. The van der Waals surface area contributed by atoms with E-state index in [9.17, 15) is 4.79 Å². The lowest BCUT2D eigenvalue weighted by molar-refractivity contribution is -0.129. The van der Waals surface area contributed by atoms with Gasteiger partial charge in [-0.2, -0.15) is 0 Å². The van der Waals surface area contributed by atoms with Crippen LogP contribution in [-0.4, -0.2) is 56.5 Å². The van der Waals surface area contributed by atoms with Gasteiger partial charge in [-0.1, -0.05) is 17.8 Å². The molecule has 0 N–H and O–H groups in total. The molecule has 1 fully saturated rings. The second kappa shape index (κ2) is 7.53. The number of carbonyl (C=O) groups is 1. The molecule has 2 aromatic rings. The first-order chi connectivity index (χ1) is 12.7. The third kappa shape index (κ3) is 3.48. The standard InChI is InChI=1S/C17H21N5O3S/c1-21-17(18-19-20-21)26-11-16(23)22-7-2-4-13(22)12-5-6-14-15(10-12)25-9-3-8-24-14/h5-6,10,13H,2-4,7-9,11H2,1H3. The first kappa shape index (κ1) is 17.1. The molecule has 2 aliphatic rings. The number of amides is 1. The Morgan fingerprint density at radius 2 is 2.12 bits per heavy atom. The summed E-state index contributed by atoms with van der Waals surface area (Å²) < 4.78 is 13.1.